The summed E-state index contributed by atoms with van der Waals surface area (Å²) in [6.07, 6.45) is -30.0. The molecule has 24 nitrogen and oxygen atoms in total. The lowest BCUT2D eigenvalue weighted by Crippen LogP contribution is -2.67. The van der Waals surface area contributed by atoms with Gasteiger partial charge < -0.3 is 114 Å². The number of carbonyl (C=O) groups excluding carboxylic acids is 1. The molecule has 0 amide bonds. The van der Waals surface area contributed by atoms with Crippen LogP contribution in [0.5, 0.6) is 23.0 Å². The maximum atomic E-state index is 13.7. The fraction of sp³-hybridized carbons (Fsp3) is 0.615. The summed E-state index contributed by atoms with van der Waals surface area (Å²) in [5.74, 6) is -2.96. The second-order valence-electron chi connectivity index (χ2n) is 15.2. The van der Waals surface area contributed by atoms with Crippen molar-refractivity contribution in [1.82, 2.24) is 0 Å². The predicted octanol–water partition coefficient (Wildman–Crippen LogP) is -5.12. The molecular weight excluding hydrogens is 852 g/mol. The standard InChI is InChI=1S/C39H52O24/c40-11-23-28(50)29(51)32(54)38(59-23)62-34-33(61-25(47)6-3-15-1-4-17(41)19(43)9-15)24(14-58-36-30(52)26(48)21(45)12-56-36)60-39(55-8-7-16-2-5-18(42)20(44)10-16)35(34)63-37-31(53)27(49)22(46)13-57-37/h1-6,9-10,21-24,26-46,48-54H,7-8,11-14H2/b6-3+/t21-,22+,23-,24-,26+,27+,28-,29+,30-,31-,32-,33-,34+,35-,36+,37+,38+,39-/m1/s1. The lowest BCUT2D eigenvalue weighted by atomic mass is 9.96. The molecule has 4 fully saturated rings. The van der Waals surface area contributed by atoms with Crippen LogP contribution in [0.1, 0.15) is 11.1 Å². The molecular formula is C39H52O24. The Morgan fingerprint density at radius 1 is 0.603 bits per heavy atom. The largest absolute Gasteiger partial charge is 0.504 e. The first kappa shape index (κ1) is 48.6. The number of aromatic hydroxyl groups is 4. The number of ether oxygens (including phenoxy) is 9. The Labute approximate surface area is 357 Å². The van der Waals surface area contributed by atoms with Crippen molar-refractivity contribution < 1.29 is 119 Å². The van der Waals surface area contributed by atoms with Crippen LogP contribution < -0.4 is 0 Å². The fourth-order valence-corrected chi connectivity index (χ4v) is 7.09. The summed E-state index contributed by atoms with van der Waals surface area (Å²) in [4.78, 5) is 13.7. The van der Waals surface area contributed by atoms with Gasteiger partial charge in [-0.05, 0) is 47.9 Å². The minimum Gasteiger partial charge on any atom is -0.504 e. The number of aliphatic hydroxyl groups is 10. The molecule has 18 atom stereocenters. The molecule has 0 unspecified atom stereocenters. The van der Waals surface area contributed by atoms with Gasteiger partial charge in [-0.2, -0.15) is 0 Å². The first-order chi connectivity index (χ1) is 30.0. The second-order valence-corrected chi connectivity index (χ2v) is 15.2. The van der Waals surface area contributed by atoms with Crippen molar-refractivity contribution in [1.29, 1.82) is 0 Å². The van der Waals surface area contributed by atoms with E-state index in [0.717, 1.165) is 18.2 Å². The smallest absolute Gasteiger partial charge is 0.331 e. The Kier molecular flexibility index (Phi) is 16.5. The van der Waals surface area contributed by atoms with Gasteiger partial charge >= 0.3 is 5.97 Å². The van der Waals surface area contributed by atoms with Gasteiger partial charge in [0.15, 0.2) is 54.3 Å². The number of benzene rings is 2. The maximum absolute atomic E-state index is 13.7. The fourth-order valence-electron chi connectivity index (χ4n) is 7.09. The Morgan fingerprint density at radius 2 is 1.19 bits per heavy atom. The molecule has 6 rings (SSSR count). The van der Waals surface area contributed by atoms with Crippen molar-refractivity contribution >= 4 is 12.0 Å². The Balaban J connectivity index is 1.39. The summed E-state index contributed by atoms with van der Waals surface area (Å²) in [6.45, 7) is -2.95. The summed E-state index contributed by atoms with van der Waals surface area (Å²) < 4.78 is 52.9. The number of aliphatic hydroxyl groups excluding tert-OH is 10. The molecule has 2 aromatic carbocycles. The number of hydrogen-bond acceptors (Lipinski definition) is 24. The molecule has 63 heavy (non-hydrogen) atoms. The summed E-state index contributed by atoms with van der Waals surface area (Å²) in [5, 5.41) is 144. The molecule has 0 aromatic heterocycles. The van der Waals surface area contributed by atoms with E-state index >= 15 is 0 Å². The van der Waals surface area contributed by atoms with Crippen LogP contribution in [0.4, 0.5) is 0 Å². The van der Waals surface area contributed by atoms with Crippen molar-refractivity contribution in [3.63, 3.8) is 0 Å². The van der Waals surface area contributed by atoms with Gasteiger partial charge in [-0.15, -0.1) is 0 Å². The number of esters is 1. The molecule has 4 heterocycles. The first-order valence-electron chi connectivity index (χ1n) is 19.7. The van der Waals surface area contributed by atoms with Crippen molar-refractivity contribution in [2.75, 3.05) is 33.0 Å². The third-order valence-corrected chi connectivity index (χ3v) is 10.7. The molecule has 4 aliphatic rings. The van der Waals surface area contributed by atoms with Crippen LogP contribution in [-0.4, -0.2) is 221 Å². The van der Waals surface area contributed by atoms with Gasteiger partial charge in [-0.3, -0.25) is 0 Å². The van der Waals surface area contributed by atoms with Crippen LogP contribution >= 0.6 is 0 Å². The van der Waals surface area contributed by atoms with E-state index in [1.807, 2.05) is 0 Å². The first-order valence-corrected chi connectivity index (χ1v) is 19.7. The molecule has 4 saturated heterocycles. The zero-order valence-corrected chi connectivity index (χ0v) is 33.1. The third kappa shape index (κ3) is 11.5. The molecule has 2 aromatic rings. The van der Waals surface area contributed by atoms with Crippen LogP contribution in [-0.2, 0) is 53.8 Å². The van der Waals surface area contributed by atoms with Gasteiger partial charge in [0.05, 0.1) is 33.0 Å². The highest BCUT2D eigenvalue weighted by molar-refractivity contribution is 5.87. The van der Waals surface area contributed by atoms with Gasteiger partial charge in [0, 0.05) is 6.08 Å². The van der Waals surface area contributed by atoms with E-state index in [-0.39, 0.29) is 18.6 Å². The van der Waals surface area contributed by atoms with Crippen molar-refractivity contribution in [3.05, 3.63) is 53.6 Å². The number of carbonyl (C=O) groups is 1. The molecule has 0 saturated carbocycles. The predicted molar refractivity (Wildman–Crippen MR) is 202 cm³/mol. The lowest BCUT2D eigenvalue weighted by Gasteiger charge is -2.49. The molecule has 4 aliphatic heterocycles. The molecule has 0 spiro atoms. The Morgan fingerprint density at radius 3 is 1.84 bits per heavy atom. The van der Waals surface area contributed by atoms with Crippen LogP contribution in [0.25, 0.3) is 6.08 Å². The summed E-state index contributed by atoms with van der Waals surface area (Å²) >= 11 is 0. The molecule has 0 radical (unpaired) electrons. The topological polar surface area (TPSA) is 383 Å². The molecule has 14 N–H and O–H groups in total. The Bertz CT molecular complexity index is 1830. The number of phenols is 4. The molecule has 0 bridgehead atoms. The molecule has 0 aliphatic carbocycles. The highest BCUT2D eigenvalue weighted by Crippen LogP contribution is 2.36. The van der Waals surface area contributed by atoms with E-state index in [1.54, 1.807) is 0 Å². The minimum atomic E-state index is -2.08. The van der Waals surface area contributed by atoms with E-state index in [9.17, 15) is 76.3 Å². The van der Waals surface area contributed by atoms with Gasteiger partial charge in [0.1, 0.15) is 79.4 Å². The maximum Gasteiger partial charge on any atom is 0.331 e. The highest BCUT2D eigenvalue weighted by atomic mass is 16.8. The van der Waals surface area contributed by atoms with Gasteiger partial charge in [-0.1, -0.05) is 12.1 Å². The van der Waals surface area contributed by atoms with E-state index in [0.29, 0.717) is 5.56 Å². The zero-order valence-electron chi connectivity index (χ0n) is 33.1. The third-order valence-electron chi connectivity index (χ3n) is 10.7. The normalized spacial score (nSPS) is 38.7. The average molecular weight is 905 g/mol. The zero-order chi connectivity index (χ0) is 45.7. The SMILES string of the molecule is O=C(/C=C/c1ccc(O)c(O)c1)O[C@H]1[C@H](O[C@@H]2O[C@H](CO)[C@@H](O)[C@H](O)[C@H]2O)[C@@H](O[C@@H]2OC[C@H](O)[C@H](O)[C@H]2O)[C@H](OCCc2ccc(O)c(O)c2)O[C@@H]1CO[C@@H]1OC[C@@H](O)[C@H](O)[C@H]1O. The van der Waals surface area contributed by atoms with Crippen molar-refractivity contribution in [2.45, 2.75) is 117 Å². The van der Waals surface area contributed by atoms with E-state index in [1.165, 1.54) is 30.3 Å². The van der Waals surface area contributed by atoms with Crippen molar-refractivity contribution in [3.8, 4) is 23.0 Å². The quantitative estimate of drug-likeness (QED) is 0.0451. The average Bonchev–Trinajstić information content (AvgIpc) is 3.26. The van der Waals surface area contributed by atoms with Gasteiger partial charge in [0.25, 0.3) is 0 Å². The summed E-state index contributed by atoms with van der Waals surface area (Å²) in [5.41, 5.74) is 0.654. The minimum absolute atomic E-state index is 0.0195. The Hall–Kier alpha value is -3.87. The lowest BCUT2D eigenvalue weighted by molar-refractivity contribution is -0.389. The van der Waals surface area contributed by atoms with Crippen LogP contribution in [0.3, 0.4) is 0 Å². The monoisotopic (exact) mass is 904 g/mol. The van der Waals surface area contributed by atoms with Gasteiger partial charge in [0.2, 0.25) is 0 Å². The molecule has 24 heteroatoms. The van der Waals surface area contributed by atoms with E-state index < -0.39 is 166 Å². The summed E-state index contributed by atoms with van der Waals surface area (Å²) in [7, 11) is 0. The number of rotatable bonds is 15. The van der Waals surface area contributed by atoms with E-state index in [2.05, 4.69) is 0 Å². The molecule has 352 valence electrons. The van der Waals surface area contributed by atoms with Gasteiger partial charge in [-0.25, -0.2) is 4.79 Å². The van der Waals surface area contributed by atoms with Crippen LogP contribution in [0.2, 0.25) is 0 Å². The van der Waals surface area contributed by atoms with Crippen LogP contribution in [0, 0.1) is 0 Å². The van der Waals surface area contributed by atoms with E-state index in [4.69, 9.17) is 42.6 Å². The number of hydrogen-bond donors (Lipinski definition) is 14. The highest BCUT2D eigenvalue weighted by Gasteiger charge is 2.56. The summed E-state index contributed by atoms with van der Waals surface area (Å²) in [6, 6.07) is 7.56. The number of phenolic OH excluding ortho intramolecular Hbond substituents is 4. The van der Waals surface area contributed by atoms with Crippen LogP contribution in [0.15, 0.2) is 42.5 Å². The second kappa shape index (κ2) is 21.4. The van der Waals surface area contributed by atoms with Crippen molar-refractivity contribution in [2.24, 2.45) is 0 Å².